The number of nitrogens with two attached hydrogens (primary N) is 1. The van der Waals surface area contributed by atoms with E-state index in [1.807, 2.05) is 18.2 Å². The fourth-order valence-corrected chi connectivity index (χ4v) is 2.61. The average Bonchev–Trinajstić information content (AvgIpc) is 3.16. The lowest BCUT2D eigenvalue weighted by atomic mass is 9.96. The van der Waals surface area contributed by atoms with Gasteiger partial charge in [0.15, 0.2) is 0 Å². The van der Waals surface area contributed by atoms with Crippen LogP contribution in [0.15, 0.2) is 47.8 Å². The topological polar surface area (TPSA) is 88.2 Å². The zero-order valence-corrected chi connectivity index (χ0v) is 17.1. The molecule has 0 amide bonds. The summed E-state index contributed by atoms with van der Waals surface area (Å²) in [5.74, 6) is 1.55. The van der Waals surface area contributed by atoms with Gasteiger partial charge < -0.3 is 25.4 Å². The van der Waals surface area contributed by atoms with E-state index in [0.29, 0.717) is 18.1 Å². The van der Waals surface area contributed by atoms with E-state index < -0.39 is 0 Å². The van der Waals surface area contributed by atoms with Crippen LogP contribution in [0.1, 0.15) is 32.3 Å². The molecule has 6 heteroatoms. The Morgan fingerprint density at radius 3 is 2.48 bits per heavy atom. The molecule has 1 aromatic carbocycles. The largest absolute Gasteiger partial charge is 0.400 e. The van der Waals surface area contributed by atoms with Crippen LogP contribution in [-0.4, -0.2) is 55.8 Å². The van der Waals surface area contributed by atoms with Gasteiger partial charge in [-0.15, -0.1) is 0 Å². The summed E-state index contributed by atoms with van der Waals surface area (Å²) in [6.07, 6.45) is 2.80. The summed E-state index contributed by atoms with van der Waals surface area (Å²) in [5, 5.41) is 11.4. The normalized spacial score (nSPS) is 17.7. The number of oxime groups is 1. The molecule has 1 saturated heterocycles. The Labute approximate surface area is 163 Å². The number of rotatable bonds is 7. The van der Waals surface area contributed by atoms with Crippen molar-refractivity contribution in [3.05, 3.63) is 48.2 Å². The van der Waals surface area contributed by atoms with Crippen molar-refractivity contribution < 1.29 is 14.7 Å². The molecule has 0 radical (unpaired) electrons. The van der Waals surface area contributed by atoms with E-state index in [-0.39, 0.29) is 6.54 Å². The van der Waals surface area contributed by atoms with Gasteiger partial charge in [-0.2, -0.15) is 0 Å². The number of aliphatic hydroxyl groups is 1. The molecule has 0 aromatic heterocycles. The molecular weight excluding hydrogens is 342 g/mol. The second-order valence-corrected chi connectivity index (χ2v) is 6.36. The highest BCUT2D eigenvalue weighted by molar-refractivity contribution is 6.01. The summed E-state index contributed by atoms with van der Waals surface area (Å²) in [6.45, 7) is 10.7. The lowest BCUT2D eigenvalue weighted by Gasteiger charge is -2.15. The maximum Gasteiger partial charge on any atom is 0.133 e. The van der Waals surface area contributed by atoms with Crippen LogP contribution in [0.4, 0.5) is 0 Å². The van der Waals surface area contributed by atoms with Gasteiger partial charge in [0.25, 0.3) is 0 Å². The molecule has 3 N–H and O–H groups in total. The van der Waals surface area contributed by atoms with E-state index in [2.05, 4.69) is 55.4 Å². The van der Waals surface area contributed by atoms with Crippen LogP contribution < -0.4 is 5.73 Å². The zero-order valence-electron chi connectivity index (χ0n) is 17.1. The smallest absolute Gasteiger partial charge is 0.133 e. The second kappa shape index (κ2) is 15.1. The molecule has 27 heavy (non-hydrogen) atoms. The monoisotopic (exact) mass is 377 g/mol. The minimum absolute atomic E-state index is 0.139. The molecule has 1 aliphatic heterocycles. The molecule has 0 spiro atoms. The van der Waals surface area contributed by atoms with Crippen molar-refractivity contribution >= 4 is 12.0 Å². The highest BCUT2D eigenvalue weighted by Gasteiger charge is 2.24. The molecule has 2 rings (SSSR count). The number of aliphatic hydroxyl groups excluding tert-OH is 1. The Morgan fingerprint density at radius 2 is 2.04 bits per heavy atom. The maximum atomic E-state index is 9.05. The Balaban J connectivity index is 0.000000998. The Morgan fingerprint density at radius 1 is 1.44 bits per heavy atom. The molecular formula is C21H35N3O3. The minimum atomic E-state index is 0.139. The minimum Gasteiger partial charge on any atom is -0.400 e. The van der Waals surface area contributed by atoms with E-state index >= 15 is 0 Å². The Bertz CT molecular complexity index is 561. The summed E-state index contributed by atoms with van der Waals surface area (Å²) in [4.78, 5) is 17.0. The predicted molar refractivity (Wildman–Crippen MR) is 112 cm³/mol. The quantitative estimate of drug-likeness (QED) is 0.330. The van der Waals surface area contributed by atoms with Crippen molar-refractivity contribution in [2.24, 2.45) is 22.7 Å². The van der Waals surface area contributed by atoms with Crippen LogP contribution in [0.3, 0.4) is 0 Å². The molecule has 0 bridgehead atoms. The number of likely N-dealkylation sites (tertiary alicyclic amines) is 1. The third kappa shape index (κ3) is 9.47. The molecule has 1 aromatic rings. The highest BCUT2D eigenvalue weighted by Crippen LogP contribution is 2.23. The van der Waals surface area contributed by atoms with Gasteiger partial charge in [0.1, 0.15) is 12.0 Å². The number of carbonyl (C=O) groups excluding carboxylic acids is 1. The molecule has 0 saturated carbocycles. The molecule has 2 atom stereocenters. The zero-order chi connectivity index (χ0) is 20.7. The van der Waals surface area contributed by atoms with Crippen LogP contribution >= 0.6 is 0 Å². The van der Waals surface area contributed by atoms with Gasteiger partial charge in [-0.1, -0.05) is 55.9 Å². The first-order valence-corrected chi connectivity index (χ1v) is 9.29. The van der Waals surface area contributed by atoms with Gasteiger partial charge >= 0.3 is 0 Å². The van der Waals surface area contributed by atoms with E-state index in [1.54, 1.807) is 0 Å². The summed E-state index contributed by atoms with van der Waals surface area (Å²) in [6, 6.07) is 10.3. The number of carbonyl (C=O) groups is 1. The van der Waals surface area contributed by atoms with Gasteiger partial charge in [0, 0.05) is 32.0 Å². The van der Waals surface area contributed by atoms with E-state index in [4.69, 9.17) is 14.7 Å². The van der Waals surface area contributed by atoms with Crippen molar-refractivity contribution in [2.75, 3.05) is 33.8 Å². The van der Waals surface area contributed by atoms with Gasteiger partial charge in [-0.25, -0.2) is 0 Å². The molecule has 6 nitrogen and oxygen atoms in total. The molecule has 0 aliphatic carbocycles. The van der Waals surface area contributed by atoms with Crippen molar-refractivity contribution in [2.45, 2.75) is 26.7 Å². The summed E-state index contributed by atoms with van der Waals surface area (Å²) in [5.41, 5.74) is 6.79. The van der Waals surface area contributed by atoms with Crippen LogP contribution in [0.5, 0.6) is 0 Å². The SMILES string of the molecule is C=C(O/N=C(/c1ccccc1)C(C)CC)C1CCN(C)C1.CO.NCC=O. The molecule has 1 aliphatic rings. The van der Waals surface area contributed by atoms with Gasteiger partial charge in [0.2, 0.25) is 0 Å². The molecule has 1 fully saturated rings. The number of nitrogens with zero attached hydrogens (tertiary/aromatic N) is 2. The number of benzene rings is 1. The van der Waals surface area contributed by atoms with E-state index in [0.717, 1.165) is 50.1 Å². The van der Waals surface area contributed by atoms with Crippen LogP contribution in [-0.2, 0) is 9.63 Å². The average molecular weight is 378 g/mol. The molecule has 1 heterocycles. The van der Waals surface area contributed by atoms with Gasteiger partial charge in [-0.3, -0.25) is 0 Å². The molecule has 2 unspecified atom stereocenters. The number of aldehydes is 1. The standard InChI is InChI=1S/C18H26N2O.C2H5NO.CH4O/c1-5-14(2)18(16-9-7-6-8-10-16)19-21-15(3)17-11-12-20(4)13-17;3-1-2-4;1-2/h6-10,14,17H,3,5,11-13H2,1-2,4H3;2H,1,3H2;2H,1H3/b19-18+;;. The van der Waals surface area contributed by atoms with Crippen molar-refractivity contribution in [3.8, 4) is 0 Å². The van der Waals surface area contributed by atoms with Crippen LogP contribution in [0, 0.1) is 11.8 Å². The maximum absolute atomic E-state index is 9.05. The lowest BCUT2D eigenvalue weighted by molar-refractivity contribution is -0.106. The van der Waals surface area contributed by atoms with Crippen molar-refractivity contribution in [3.63, 3.8) is 0 Å². The van der Waals surface area contributed by atoms with Crippen LogP contribution in [0.25, 0.3) is 0 Å². The fourth-order valence-electron chi connectivity index (χ4n) is 2.61. The first-order valence-electron chi connectivity index (χ1n) is 9.29. The fraction of sp³-hybridized carbons (Fsp3) is 0.524. The van der Waals surface area contributed by atoms with E-state index in [9.17, 15) is 0 Å². The summed E-state index contributed by atoms with van der Waals surface area (Å²) < 4.78 is 0. The summed E-state index contributed by atoms with van der Waals surface area (Å²) in [7, 11) is 3.13. The van der Waals surface area contributed by atoms with E-state index in [1.165, 1.54) is 0 Å². The molecule has 152 valence electrons. The van der Waals surface area contributed by atoms with Gasteiger partial charge in [-0.05, 0) is 32.0 Å². The first kappa shape index (κ1) is 25.0. The number of hydrogen-bond donors (Lipinski definition) is 2. The van der Waals surface area contributed by atoms with Crippen LogP contribution in [0.2, 0.25) is 0 Å². The Hall–Kier alpha value is -2.02. The third-order valence-corrected chi connectivity index (χ3v) is 4.35. The lowest BCUT2D eigenvalue weighted by Crippen LogP contribution is -2.16. The van der Waals surface area contributed by atoms with Crippen molar-refractivity contribution in [1.29, 1.82) is 0 Å². The second-order valence-electron chi connectivity index (χ2n) is 6.36. The Kier molecular flexibility index (Phi) is 14.0. The third-order valence-electron chi connectivity index (χ3n) is 4.35. The van der Waals surface area contributed by atoms with Crippen molar-refractivity contribution in [1.82, 2.24) is 4.90 Å². The number of hydrogen-bond acceptors (Lipinski definition) is 6. The van der Waals surface area contributed by atoms with Gasteiger partial charge in [0.05, 0.1) is 5.71 Å². The first-order chi connectivity index (χ1) is 13.0. The summed E-state index contributed by atoms with van der Waals surface area (Å²) >= 11 is 0. The highest BCUT2D eigenvalue weighted by atomic mass is 16.6. The predicted octanol–water partition coefficient (Wildman–Crippen LogP) is 2.67.